The summed E-state index contributed by atoms with van der Waals surface area (Å²) in [5, 5.41) is 5.48. The number of nitrogens with one attached hydrogen (secondary N) is 2. The van der Waals surface area contributed by atoms with Gasteiger partial charge in [0.2, 0.25) is 0 Å². The second kappa shape index (κ2) is 7.42. The molecule has 1 aromatic heterocycles. The van der Waals surface area contributed by atoms with Gasteiger partial charge >= 0.3 is 0 Å². The number of carbonyl (C=O) groups is 2. The van der Waals surface area contributed by atoms with E-state index in [9.17, 15) is 9.59 Å². The second-order valence-corrected chi connectivity index (χ2v) is 3.94. The molecule has 2 N–H and O–H groups in total. The van der Waals surface area contributed by atoms with Crippen molar-refractivity contribution in [2.24, 2.45) is 0 Å². The molecule has 1 aromatic rings. The van der Waals surface area contributed by atoms with Gasteiger partial charge in [-0.25, -0.2) is 0 Å². The minimum atomic E-state index is -0.248. The Morgan fingerprint density at radius 1 is 1.11 bits per heavy atom. The fourth-order valence-electron chi connectivity index (χ4n) is 1.37. The zero-order chi connectivity index (χ0) is 13.4. The van der Waals surface area contributed by atoms with Crippen LogP contribution in [-0.2, 0) is 0 Å². The van der Waals surface area contributed by atoms with Crippen LogP contribution in [0.4, 0.5) is 0 Å². The third-order valence-electron chi connectivity index (χ3n) is 2.33. The highest BCUT2D eigenvalue weighted by Gasteiger charge is 2.10. The Bertz CT molecular complexity index is 383. The molecule has 0 saturated heterocycles. The molecule has 0 aliphatic heterocycles. The van der Waals surface area contributed by atoms with Gasteiger partial charge in [-0.05, 0) is 25.0 Å². The molecule has 0 spiro atoms. The molecule has 5 heteroatoms. The zero-order valence-electron chi connectivity index (χ0n) is 10.8. The Labute approximate surface area is 107 Å². The van der Waals surface area contributed by atoms with E-state index in [-0.39, 0.29) is 17.5 Å². The molecule has 0 atom stereocenters. The predicted molar refractivity (Wildman–Crippen MR) is 69.5 cm³/mol. The highest BCUT2D eigenvalue weighted by Crippen LogP contribution is 2.02. The van der Waals surface area contributed by atoms with E-state index in [2.05, 4.69) is 15.6 Å². The molecule has 2 amide bonds. The van der Waals surface area contributed by atoms with Gasteiger partial charge in [0.15, 0.2) is 0 Å². The lowest BCUT2D eigenvalue weighted by molar-refractivity contribution is 0.0948. The first-order valence-electron chi connectivity index (χ1n) is 6.21. The summed E-state index contributed by atoms with van der Waals surface area (Å²) in [5.41, 5.74) is 0.729. The Balaban J connectivity index is 2.72. The first kappa shape index (κ1) is 14.2. The van der Waals surface area contributed by atoms with Gasteiger partial charge in [0.05, 0.1) is 0 Å². The van der Waals surface area contributed by atoms with Crippen LogP contribution in [0.3, 0.4) is 0 Å². The van der Waals surface area contributed by atoms with Crippen molar-refractivity contribution < 1.29 is 9.59 Å². The summed E-state index contributed by atoms with van der Waals surface area (Å²) < 4.78 is 0. The highest BCUT2D eigenvalue weighted by molar-refractivity contribution is 5.98. The van der Waals surface area contributed by atoms with E-state index in [4.69, 9.17) is 0 Å². The Morgan fingerprint density at radius 3 is 2.33 bits per heavy atom. The highest BCUT2D eigenvalue weighted by atomic mass is 16.2. The fraction of sp³-hybridized carbons (Fsp3) is 0.462. The molecule has 0 saturated carbocycles. The normalized spacial score (nSPS) is 9.89. The summed E-state index contributed by atoms with van der Waals surface area (Å²) in [5.74, 6) is -0.425. The summed E-state index contributed by atoms with van der Waals surface area (Å²) in [7, 11) is 0. The lowest BCUT2D eigenvalue weighted by Gasteiger charge is -2.06. The van der Waals surface area contributed by atoms with E-state index in [0.29, 0.717) is 18.7 Å². The van der Waals surface area contributed by atoms with Crippen molar-refractivity contribution in [2.45, 2.75) is 26.7 Å². The molecular weight excluding hydrogens is 230 g/mol. The van der Waals surface area contributed by atoms with Gasteiger partial charge in [-0.15, -0.1) is 0 Å². The molecule has 18 heavy (non-hydrogen) atoms. The van der Waals surface area contributed by atoms with Gasteiger partial charge in [0.1, 0.15) is 5.69 Å². The molecule has 0 radical (unpaired) electrons. The van der Waals surface area contributed by atoms with Gasteiger partial charge in [-0.1, -0.05) is 13.8 Å². The predicted octanol–water partition coefficient (Wildman–Crippen LogP) is 1.36. The van der Waals surface area contributed by atoms with Crippen LogP contribution in [0, 0.1) is 0 Å². The number of rotatable bonds is 6. The van der Waals surface area contributed by atoms with Crippen LogP contribution >= 0.6 is 0 Å². The fourth-order valence-corrected chi connectivity index (χ4v) is 1.37. The molecule has 0 fully saturated rings. The molecule has 0 aromatic carbocycles. The van der Waals surface area contributed by atoms with E-state index < -0.39 is 0 Å². The number of nitrogens with zero attached hydrogens (tertiary/aromatic N) is 1. The van der Waals surface area contributed by atoms with Crippen molar-refractivity contribution in [3.63, 3.8) is 0 Å². The molecule has 0 aliphatic carbocycles. The molecule has 0 unspecified atom stereocenters. The van der Waals surface area contributed by atoms with Gasteiger partial charge in [0.25, 0.3) is 11.8 Å². The van der Waals surface area contributed by atoms with Crippen LogP contribution < -0.4 is 10.6 Å². The number of pyridine rings is 1. The van der Waals surface area contributed by atoms with Gasteiger partial charge in [0, 0.05) is 24.8 Å². The van der Waals surface area contributed by atoms with Crippen molar-refractivity contribution in [2.75, 3.05) is 13.1 Å². The zero-order valence-corrected chi connectivity index (χ0v) is 10.8. The minimum Gasteiger partial charge on any atom is -0.352 e. The molecule has 1 rings (SSSR count). The smallest absolute Gasteiger partial charge is 0.269 e. The Morgan fingerprint density at radius 2 is 1.72 bits per heavy atom. The van der Waals surface area contributed by atoms with E-state index in [1.165, 1.54) is 12.3 Å². The third kappa shape index (κ3) is 4.16. The van der Waals surface area contributed by atoms with E-state index in [0.717, 1.165) is 12.8 Å². The lowest BCUT2D eigenvalue weighted by atomic mass is 10.2. The molecule has 0 bridgehead atoms. The average Bonchev–Trinajstić information content (AvgIpc) is 2.42. The number of hydrogen-bond donors (Lipinski definition) is 2. The SMILES string of the molecule is CCCNC(=O)c1ccnc(C(=O)NCCC)c1. The summed E-state index contributed by atoms with van der Waals surface area (Å²) in [6, 6.07) is 3.11. The topological polar surface area (TPSA) is 71.1 Å². The largest absolute Gasteiger partial charge is 0.352 e. The Kier molecular flexibility index (Phi) is 5.84. The summed E-state index contributed by atoms with van der Waals surface area (Å²) in [4.78, 5) is 27.4. The van der Waals surface area contributed by atoms with Crippen LogP contribution in [0.5, 0.6) is 0 Å². The third-order valence-corrected chi connectivity index (χ3v) is 2.33. The van der Waals surface area contributed by atoms with Crippen LogP contribution in [0.1, 0.15) is 47.5 Å². The average molecular weight is 249 g/mol. The maximum absolute atomic E-state index is 11.7. The van der Waals surface area contributed by atoms with E-state index in [1.807, 2.05) is 13.8 Å². The summed E-state index contributed by atoms with van der Waals surface area (Å²) in [6.07, 6.45) is 3.21. The minimum absolute atomic E-state index is 0.177. The molecular formula is C13H19N3O2. The van der Waals surface area contributed by atoms with E-state index in [1.54, 1.807) is 6.07 Å². The van der Waals surface area contributed by atoms with Crippen LogP contribution in [0.25, 0.3) is 0 Å². The number of aromatic nitrogens is 1. The summed E-state index contributed by atoms with van der Waals surface area (Å²) in [6.45, 7) is 5.18. The molecule has 1 heterocycles. The van der Waals surface area contributed by atoms with Crippen LogP contribution in [0.15, 0.2) is 18.3 Å². The van der Waals surface area contributed by atoms with Gasteiger partial charge < -0.3 is 10.6 Å². The second-order valence-electron chi connectivity index (χ2n) is 3.94. The molecule has 98 valence electrons. The van der Waals surface area contributed by atoms with Gasteiger partial charge in [-0.3, -0.25) is 14.6 Å². The number of hydrogen-bond acceptors (Lipinski definition) is 3. The maximum Gasteiger partial charge on any atom is 0.269 e. The summed E-state index contributed by atoms with van der Waals surface area (Å²) >= 11 is 0. The van der Waals surface area contributed by atoms with E-state index >= 15 is 0 Å². The quantitative estimate of drug-likeness (QED) is 0.799. The number of carbonyl (C=O) groups excluding carboxylic acids is 2. The van der Waals surface area contributed by atoms with Crippen LogP contribution in [0.2, 0.25) is 0 Å². The molecule has 5 nitrogen and oxygen atoms in total. The van der Waals surface area contributed by atoms with Crippen molar-refractivity contribution >= 4 is 11.8 Å². The standard InChI is InChI=1S/C13H19N3O2/c1-3-6-15-12(17)10-5-8-14-11(9-10)13(18)16-7-4-2/h5,8-9H,3-4,6-7H2,1-2H3,(H,15,17)(H,16,18). The van der Waals surface area contributed by atoms with Crippen molar-refractivity contribution in [1.29, 1.82) is 0 Å². The first-order chi connectivity index (χ1) is 8.69. The lowest BCUT2D eigenvalue weighted by Crippen LogP contribution is -2.27. The molecule has 0 aliphatic rings. The van der Waals surface area contributed by atoms with Crippen molar-refractivity contribution in [3.05, 3.63) is 29.6 Å². The van der Waals surface area contributed by atoms with Gasteiger partial charge in [-0.2, -0.15) is 0 Å². The monoisotopic (exact) mass is 249 g/mol. The van der Waals surface area contributed by atoms with Crippen LogP contribution in [-0.4, -0.2) is 29.9 Å². The Hall–Kier alpha value is -1.91. The first-order valence-corrected chi connectivity index (χ1v) is 6.21. The van der Waals surface area contributed by atoms with Crippen molar-refractivity contribution in [3.8, 4) is 0 Å². The number of amides is 2. The maximum atomic E-state index is 11.7. The van der Waals surface area contributed by atoms with Crippen molar-refractivity contribution in [1.82, 2.24) is 15.6 Å².